The zero-order valence-electron chi connectivity index (χ0n) is 20.2. The molecule has 6 nitrogen and oxygen atoms in total. The van der Waals surface area contributed by atoms with E-state index in [0.29, 0.717) is 19.7 Å². The molecule has 0 aromatic heterocycles. The van der Waals surface area contributed by atoms with E-state index in [1.165, 1.54) is 0 Å². The Bertz CT molecular complexity index is 881. The number of benzene rings is 2. The fourth-order valence-electron chi connectivity index (χ4n) is 3.65. The Morgan fingerprint density at radius 1 is 1.06 bits per heavy atom. The molecule has 0 saturated heterocycles. The molecule has 0 heterocycles. The Morgan fingerprint density at radius 3 is 2.31 bits per heavy atom. The summed E-state index contributed by atoms with van der Waals surface area (Å²) in [6.07, 6.45) is 0.720. The summed E-state index contributed by atoms with van der Waals surface area (Å²) in [7, 11) is 5.60. The van der Waals surface area contributed by atoms with E-state index in [-0.39, 0.29) is 23.7 Å². The van der Waals surface area contributed by atoms with Gasteiger partial charge in [-0.1, -0.05) is 51.1 Å². The maximum atomic E-state index is 13.6. The zero-order valence-corrected chi connectivity index (χ0v) is 20.2. The highest BCUT2D eigenvalue weighted by molar-refractivity contribution is 5.92. The number of nitrogens with one attached hydrogen (secondary N) is 1. The molecule has 0 aliphatic carbocycles. The monoisotopic (exact) mass is 439 g/mol. The number of anilines is 2. The molecule has 1 atom stereocenters. The first kappa shape index (κ1) is 25.4. The van der Waals surface area contributed by atoms with Crippen molar-refractivity contribution in [1.82, 2.24) is 4.90 Å². The van der Waals surface area contributed by atoms with Gasteiger partial charge in [-0.15, -0.1) is 0 Å². The van der Waals surface area contributed by atoms with Gasteiger partial charge in [0, 0.05) is 51.6 Å². The van der Waals surface area contributed by atoms with Gasteiger partial charge in [-0.3, -0.25) is 9.59 Å². The number of carbonyl (C=O) groups is 2. The average Bonchev–Trinajstić information content (AvgIpc) is 2.77. The molecule has 0 fully saturated rings. The maximum absolute atomic E-state index is 13.6. The van der Waals surface area contributed by atoms with Crippen LogP contribution in [-0.4, -0.2) is 51.1 Å². The third-order valence-corrected chi connectivity index (χ3v) is 5.50. The van der Waals surface area contributed by atoms with E-state index >= 15 is 0 Å². The lowest BCUT2D eigenvalue weighted by atomic mass is 9.94. The Labute approximate surface area is 192 Å². The molecule has 174 valence electrons. The van der Waals surface area contributed by atoms with Crippen LogP contribution in [0.15, 0.2) is 48.5 Å². The number of nitrogens with zero attached hydrogens (tertiary/aromatic N) is 2. The van der Waals surface area contributed by atoms with Crippen molar-refractivity contribution in [3.8, 4) is 0 Å². The van der Waals surface area contributed by atoms with E-state index in [0.717, 1.165) is 28.9 Å². The second kappa shape index (κ2) is 12.2. The first-order valence-electron chi connectivity index (χ1n) is 11.2. The summed E-state index contributed by atoms with van der Waals surface area (Å²) < 4.78 is 5.30. The number of hydrogen-bond donors (Lipinski definition) is 1. The third kappa shape index (κ3) is 6.82. The molecule has 6 heteroatoms. The molecule has 2 amide bonds. The van der Waals surface area contributed by atoms with Crippen LogP contribution in [0.25, 0.3) is 0 Å². The number of carbonyl (C=O) groups excluding carboxylic acids is 2. The molecule has 1 N–H and O–H groups in total. The van der Waals surface area contributed by atoms with Gasteiger partial charge in [0.25, 0.3) is 0 Å². The minimum atomic E-state index is -0.209. The Hall–Kier alpha value is -2.86. The van der Waals surface area contributed by atoms with Crippen LogP contribution in [0.3, 0.4) is 0 Å². The normalized spacial score (nSPS) is 11.8. The van der Waals surface area contributed by atoms with Crippen molar-refractivity contribution in [2.24, 2.45) is 5.92 Å². The molecule has 1 unspecified atom stereocenters. The summed E-state index contributed by atoms with van der Waals surface area (Å²) in [6.45, 7) is 7.15. The Morgan fingerprint density at radius 2 is 1.75 bits per heavy atom. The molecule has 0 saturated carbocycles. The molecule has 0 aliphatic rings. The lowest BCUT2D eigenvalue weighted by Gasteiger charge is -2.29. The largest absolute Gasteiger partial charge is 0.383 e. The van der Waals surface area contributed by atoms with Gasteiger partial charge < -0.3 is 19.9 Å². The minimum absolute atomic E-state index is 0.0315. The number of hydrogen-bond acceptors (Lipinski definition) is 4. The van der Waals surface area contributed by atoms with Gasteiger partial charge in [0.05, 0.1) is 12.5 Å². The lowest BCUT2D eigenvalue weighted by molar-refractivity contribution is -0.134. The predicted molar refractivity (Wildman–Crippen MR) is 131 cm³/mol. The summed E-state index contributed by atoms with van der Waals surface area (Å²) in [4.78, 5) is 29.7. The van der Waals surface area contributed by atoms with Crippen LogP contribution >= 0.6 is 0 Å². The summed E-state index contributed by atoms with van der Waals surface area (Å²) in [5.74, 6) is -0.268. The van der Waals surface area contributed by atoms with Crippen molar-refractivity contribution in [3.05, 3.63) is 59.7 Å². The molecule has 2 rings (SSSR count). The molecule has 0 aliphatic heterocycles. The smallest absolute Gasteiger partial charge is 0.230 e. The van der Waals surface area contributed by atoms with Crippen molar-refractivity contribution < 1.29 is 14.3 Å². The van der Waals surface area contributed by atoms with E-state index in [1.807, 2.05) is 93.2 Å². The molecule has 0 bridgehead atoms. The first-order chi connectivity index (χ1) is 15.3. The van der Waals surface area contributed by atoms with E-state index in [9.17, 15) is 9.59 Å². The van der Waals surface area contributed by atoms with Crippen LogP contribution in [0, 0.1) is 5.92 Å². The molecular weight excluding hydrogens is 402 g/mol. The maximum Gasteiger partial charge on any atom is 0.230 e. The second-order valence-electron chi connectivity index (χ2n) is 8.51. The van der Waals surface area contributed by atoms with Crippen LogP contribution in [0.5, 0.6) is 0 Å². The highest BCUT2D eigenvalue weighted by Crippen LogP contribution is 2.28. The summed E-state index contributed by atoms with van der Waals surface area (Å²) in [6, 6.07) is 15.8. The second-order valence-corrected chi connectivity index (χ2v) is 8.51. The lowest BCUT2D eigenvalue weighted by Crippen LogP contribution is -2.37. The Balaban J connectivity index is 2.37. The van der Waals surface area contributed by atoms with Crippen molar-refractivity contribution in [2.45, 2.75) is 39.7 Å². The first-order valence-corrected chi connectivity index (χ1v) is 11.2. The molecule has 0 radical (unpaired) electrons. The summed E-state index contributed by atoms with van der Waals surface area (Å²) in [5.41, 5.74) is 3.74. The van der Waals surface area contributed by atoms with E-state index in [2.05, 4.69) is 5.32 Å². The topological polar surface area (TPSA) is 61.9 Å². The van der Waals surface area contributed by atoms with Crippen LogP contribution in [0.4, 0.5) is 11.4 Å². The van der Waals surface area contributed by atoms with Gasteiger partial charge in [0.15, 0.2) is 0 Å². The quantitative estimate of drug-likeness (QED) is 0.559. The van der Waals surface area contributed by atoms with E-state index in [1.54, 1.807) is 7.11 Å². The van der Waals surface area contributed by atoms with Crippen LogP contribution in [0.1, 0.15) is 44.2 Å². The van der Waals surface area contributed by atoms with Crippen molar-refractivity contribution in [2.75, 3.05) is 44.6 Å². The van der Waals surface area contributed by atoms with Crippen LogP contribution in [-0.2, 0) is 20.9 Å². The zero-order chi connectivity index (χ0) is 23.7. The minimum Gasteiger partial charge on any atom is -0.383 e. The third-order valence-electron chi connectivity index (χ3n) is 5.50. The predicted octanol–water partition coefficient (Wildman–Crippen LogP) is 4.52. The molecule has 0 spiro atoms. The van der Waals surface area contributed by atoms with Gasteiger partial charge in [-0.25, -0.2) is 0 Å². The fourth-order valence-corrected chi connectivity index (χ4v) is 3.65. The fraction of sp³-hybridized carbons (Fsp3) is 0.462. The van der Waals surface area contributed by atoms with E-state index < -0.39 is 0 Å². The van der Waals surface area contributed by atoms with Gasteiger partial charge in [-0.05, 0) is 35.7 Å². The van der Waals surface area contributed by atoms with Gasteiger partial charge in [0.2, 0.25) is 11.8 Å². The number of ether oxygens (including phenoxy) is 1. The van der Waals surface area contributed by atoms with E-state index in [4.69, 9.17) is 4.74 Å². The Kier molecular flexibility index (Phi) is 9.72. The van der Waals surface area contributed by atoms with Crippen molar-refractivity contribution in [3.63, 3.8) is 0 Å². The molecule has 2 aromatic rings. The molecule has 32 heavy (non-hydrogen) atoms. The van der Waals surface area contributed by atoms with Crippen molar-refractivity contribution in [1.29, 1.82) is 0 Å². The number of amides is 2. The summed E-state index contributed by atoms with van der Waals surface area (Å²) >= 11 is 0. The number of methoxy groups -OCH3 is 1. The van der Waals surface area contributed by atoms with Crippen molar-refractivity contribution >= 4 is 23.2 Å². The van der Waals surface area contributed by atoms with Crippen LogP contribution < -0.4 is 10.2 Å². The number of rotatable bonds is 11. The van der Waals surface area contributed by atoms with Gasteiger partial charge >= 0.3 is 0 Å². The average molecular weight is 440 g/mol. The molecular formula is C26H37N3O3. The highest BCUT2D eigenvalue weighted by Gasteiger charge is 2.25. The summed E-state index contributed by atoms with van der Waals surface area (Å²) in [5, 5.41) is 2.97. The van der Waals surface area contributed by atoms with Gasteiger partial charge in [-0.2, -0.15) is 0 Å². The molecule has 2 aromatic carbocycles. The van der Waals surface area contributed by atoms with Gasteiger partial charge in [0.1, 0.15) is 0 Å². The standard InChI is InChI=1S/C26H37N3O3/c1-7-23(20-11-9-8-10-12-20)26(31)29(15-16-32-6)18-21-17-22(27-25(30)19(2)3)13-14-24(21)28(4)5/h8-14,17,19,23H,7,15-16,18H2,1-6H3,(H,27,30). The highest BCUT2D eigenvalue weighted by atomic mass is 16.5. The van der Waals surface area contributed by atoms with Crippen LogP contribution in [0.2, 0.25) is 0 Å². The SMILES string of the molecule is CCC(C(=O)N(CCOC)Cc1cc(NC(=O)C(C)C)ccc1N(C)C)c1ccccc1.